The molecule has 0 aliphatic heterocycles. The van der Waals surface area contributed by atoms with Crippen LogP contribution in [0, 0.1) is 6.92 Å². The summed E-state index contributed by atoms with van der Waals surface area (Å²) in [4.78, 5) is 2.36. The predicted molar refractivity (Wildman–Crippen MR) is 80.4 cm³/mol. The zero-order valence-electron chi connectivity index (χ0n) is 12.7. The van der Waals surface area contributed by atoms with Gasteiger partial charge < -0.3 is 16.0 Å². The molecule has 1 aromatic rings. The largest absolute Gasteiger partial charge is 0.394 e. The molecule has 1 fully saturated rings. The molecule has 19 heavy (non-hydrogen) atoms. The summed E-state index contributed by atoms with van der Waals surface area (Å²) in [6, 6.07) is 0. The lowest BCUT2D eigenvalue weighted by atomic mass is 9.96. The number of nitrogens with two attached hydrogens (primary N) is 1. The summed E-state index contributed by atoms with van der Waals surface area (Å²) in [6.07, 6.45) is 5.15. The molecular formula is C14H27N5. The van der Waals surface area contributed by atoms with Crippen LogP contribution in [0.3, 0.4) is 0 Å². The minimum absolute atomic E-state index is 0.267. The van der Waals surface area contributed by atoms with E-state index in [4.69, 9.17) is 5.73 Å². The van der Waals surface area contributed by atoms with Crippen molar-refractivity contribution in [3.05, 3.63) is 5.69 Å². The molecule has 0 radical (unpaired) electrons. The number of hydrogen-bond donors (Lipinski definition) is 2. The second kappa shape index (κ2) is 5.41. The number of nitrogens with zero attached hydrogens (tertiary/aromatic N) is 3. The molecule has 1 saturated carbocycles. The van der Waals surface area contributed by atoms with E-state index in [1.807, 2.05) is 11.6 Å². The van der Waals surface area contributed by atoms with Crippen molar-refractivity contribution in [1.29, 1.82) is 0 Å². The molecule has 1 aliphatic rings. The quantitative estimate of drug-likeness (QED) is 0.856. The molecule has 1 aromatic heterocycles. The molecule has 5 heteroatoms. The van der Waals surface area contributed by atoms with Crippen LogP contribution in [-0.4, -0.2) is 40.9 Å². The molecule has 0 amide bonds. The van der Waals surface area contributed by atoms with E-state index >= 15 is 0 Å². The fourth-order valence-corrected chi connectivity index (χ4v) is 3.07. The third kappa shape index (κ3) is 2.56. The maximum Gasteiger partial charge on any atom is 0.148 e. The number of anilines is 2. The minimum atomic E-state index is 0.267. The van der Waals surface area contributed by atoms with Crippen LogP contribution < -0.4 is 11.1 Å². The Morgan fingerprint density at radius 1 is 1.37 bits per heavy atom. The van der Waals surface area contributed by atoms with E-state index in [9.17, 15) is 0 Å². The Morgan fingerprint density at radius 2 is 2.00 bits per heavy atom. The van der Waals surface area contributed by atoms with Crippen LogP contribution in [0.25, 0.3) is 0 Å². The van der Waals surface area contributed by atoms with Crippen LogP contribution in [0.2, 0.25) is 0 Å². The number of hydrogen-bond acceptors (Lipinski definition) is 4. The number of likely N-dealkylation sites (N-methyl/N-ethyl adjacent to an activating group) is 1. The van der Waals surface area contributed by atoms with Crippen molar-refractivity contribution in [3.8, 4) is 0 Å². The average molecular weight is 265 g/mol. The summed E-state index contributed by atoms with van der Waals surface area (Å²) in [5.41, 5.74) is 8.09. The van der Waals surface area contributed by atoms with Gasteiger partial charge >= 0.3 is 0 Å². The molecule has 0 bridgehead atoms. The lowest BCUT2D eigenvalue weighted by Crippen LogP contribution is -2.47. The van der Waals surface area contributed by atoms with Crippen LogP contribution in [0.4, 0.5) is 11.5 Å². The molecule has 0 aromatic carbocycles. The Kier molecular flexibility index (Phi) is 4.04. The lowest BCUT2D eigenvalue weighted by Gasteiger charge is -2.36. The van der Waals surface area contributed by atoms with E-state index < -0.39 is 0 Å². The van der Waals surface area contributed by atoms with E-state index in [-0.39, 0.29) is 5.54 Å². The van der Waals surface area contributed by atoms with Crippen molar-refractivity contribution >= 4 is 11.5 Å². The van der Waals surface area contributed by atoms with Crippen LogP contribution in [0.1, 0.15) is 38.3 Å². The first-order valence-electron chi connectivity index (χ1n) is 7.24. The summed E-state index contributed by atoms with van der Waals surface area (Å²) >= 11 is 0. The molecule has 0 unspecified atom stereocenters. The van der Waals surface area contributed by atoms with Gasteiger partial charge in [-0.25, -0.2) is 4.68 Å². The second-order valence-corrected chi connectivity index (χ2v) is 5.84. The molecular weight excluding hydrogens is 238 g/mol. The first kappa shape index (κ1) is 14.2. The van der Waals surface area contributed by atoms with Crippen molar-refractivity contribution in [3.63, 3.8) is 0 Å². The van der Waals surface area contributed by atoms with Crippen LogP contribution >= 0.6 is 0 Å². The SMILES string of the molecule is CCn1nc(C)c(N)c1NCC1(N(C)C)CCCC1. The van der Waals surface area contributed by atoms with Gasteiger partial charge in [0.2, 0.25) is 0 Å². The smallest absolute Gasteiger partial charge is 0.148 e. The van der Waals surface area contributed by atoms with Gasteiger partial charge in [-0.15, -0.1) is 0 Å². The van der Waals surface area contributed by atoms with Gasteiger partial charge in [0.15, 0.2) is 0 Å². The molecule has 0 spiro atoms. The van der Waals surface area contributed by atoms with Crippen LogP contribution in [-0.2, 0) is 6.54 Å². The van der Waals surface area contributed by atoms with Gasteiger partial charge in [-0.05, 0) is 40.8 Å². The third-order valence-corrected chi connectivity index (χ3v) is 4.54. The first-order valence-corrected chi connectivity index (χ1v) is 7.24. The van der Waals surface area contributed by atoms with Gasteiger partial charge in [0.05, 0.1) is 11.4 Å². The minimum Gasteiger partial charge on any atom is -0.394 e. The highest BCUT2D eigenvalue weighted by Crippen LogP contribution is 2.34. The van der Waals surface area contributed by atoms with Gasteiger partial charge in [0.25, 0.3) is 0 Å². The molecule has 108 valence electrons. The fraction of sp³-hybridized carbons (Fsp3) is 0.786. The van der Waals surface area contributed by atoms with Crippen molar-refractivity contribution in [2.24, 2.45) is 0 Å². The highest BCUT2D eigenvalue weighted by atomic mass is 15.3. The normalized spacial score (nSPS) is 18.2. The molecule has 1 aliphatic carbocycles. The first-order chi connectivity index (χ1) is 9.00. The number of nitrogen functional groups attached to an aromatic ring is 1. The Morgan fingerprint density at radius 3 is 2.53 bits per heavy atom. The summed E-state index contributed by atoms with van der Waals surface area (Å²) in [6.45, 7) is 5.84. The molecule has 1 heterocycles. The van der Waals surface area contributed by atoms with Crippen LogP contribution in [0.5, 0.6) is 0 Å². The number of aryl methyl sites for hydroxylation is 2. The third-order valence-electron chi connectivity index (χ3n) is 4.54. The van der Waals surface area contributed by atoms with Crippen molar-refractivity contribution in [2.45, 2.75) is 51.6 Å². The van der Waals surface area contributed by atoms with Gasteiger partial charge in [-0.1, -0.05) is 12.8 Å². The Balaban J connectivity index is 2.13. The fourth-order valence-electron chi connectivity index (χ4n) is 3.07. The lowest BCUT2D eigenvalue weighted by molar-refractivity contribution is 0.172. The Labute approximate surface area is 116 Å². The van der Waals surface area contributed by atoms with Gasteiger partial charge in [-0.2, -0.15) is 5.10 Å². The standard InChI is InChI=1S/C14H27N5/c1-5-19-13(12(15)11(2)17-19)16-10-14(18(3)4)8-6-7-9-14/h16H,5-10,15H2,1-4H3. The van der Waals surface area contributed by atoms with Crippen molar-refractivity contribution in [2.75, 3.05) is 31.7 Å². The van der Waals surface area contributed by atoms with E-state index in [0.717, 1.165) is 30.3 Å². The second-order valence-electron chi connectivity index (χ2n) is 5.84. The maximum absolute atomic E-state index is 6.12. The number of rotatable bonds is 5. The Hall–Kier alpha value is -1.23. The van der Waals surface area contributed by atoms with E-state index in [0.29, 0.717) is 0 Å². The van der Waals surface area contributed by atoms with E-state index in [1.165, 1.54) is 25.7 Å². The van der Waals surface area contributed by atoms with Crippen molar-refractivity contribution in [1.82, 2.24) is 14.7 Å². The number of aromatic nitrogens is 2. The zero-order valence-corrected chi connectivity index (χ0v) is 12.7. The van der Waals surface area contributed by atoms with E-state index in [2.05, 4.69) is 36.3 Å². The Bertz CT molecular complexity index is 429. The molecule has 2 rings (SSSR count). The highest BCUT2D eigenvalue weighted by Gasteiger charge is 2.36. The topological polar surface area (TPSA) is 59.1 Å². The number of nitrogens with one attached hydrogen (secondary N) is 1. The average Bonchev–Trinajstić information content (AvgIpc) is 2.95. The summed E-state index contributed by atoms with van der Waals surface area (Å²) in [5.74, 6) is 0.980. The van der Waals surface area contributed by atoms with Gasteiger partial charge in [0.1, 0.15) is 5.82 Å². The molecule has 3 N–H and O–H groups in total. The predicted octanol–water partition coefficient (Wildman–Crippen LogP) is 2.08. The molecule has 0 atom stereocenters. The van der Waals surface area contributed by atoms with Crippen molar-refractivity contribution < 1.29 is 0 Å². The summed E-state index contributed by atoms with van der Waals surface area (Å²) in [7, 11) is 4.36. The zero-order chi connectivity index (χ0) is 14.0. The summed E-state index contributed by atoms with van der Waals surface area (Å²) in [5, 5.41) is 8.01. The molecule has 0 saturated heterocycles. The van der Waals surface area contributed by atoms with Gasteiger partial charge in [-0.3, -0.25) is 0 Å². The summed E-state index contributed by atoms with van der Waals surface area (Å²) < 4.78 is 1.96. The van der Waals surface area contributed by atoms with E-state index in [1.54, 1.807) is 0 Å². The van der Waals surface area contributed by atoms with Crippen LogP contribution in [0.15, 0.2) is 0 Å². The van der Waals surface area contributed by atoms with Gasteiger partial charge in [0, 0.05) is 18.6 Å². The maximum atomic E-state index is 6.12. The molecule has 5 nitrogen and oxygen atoms in total. The highest BCUT2D eigenvalue weighted by molar-refractivity contribution is 5.64. The monoisotopic (exact) mass is 265 g/mol.